The molecule has 0 aromatic heterocycles. The van der Waals surface area contributed by atoms with Gasteiger partial charge in [-0.1, -0.05) is 64.6 Å². The van der Waals surface area contributed by atoms with Crippen LogP contribution in [0.15, 0.2) is 54.6 Å². The van der Waals surface area contributed by atoms with Crippen LogP contribution in [-0.4, -0.2) is 23.2 Å². The number of hydrogen-bond acceptors (Lipinski definition) is 4. The predicted octanol–water partition coefficient (Wildman–Crippen LogP) is 5.89. The van der Waals surface area contributed by atoms with Crippen molar-refractivity contribution in [3.8, 4) is 11.5 Å². The SMILES string of the molecule is O=S(=O)(O)C(c1ccc(O)cc1)(c1ccc(Cl)cc1Cl)c1c(O)cc(Cl)cc1Cl. The van der Waals surface area contributed by atoms with Gasteiger partial charge in [-0.25, -0.2) is 0 Å². The van der Waals surface area contributed by atoms with Crippen LogP contribution in [0.25, 0.3) is 0 Å². The van der Waals surface area contributed by atoms with Gasteiger partial charge in [0.15, 0.2) is 4.75 Å². The molecule has 3 aromatic carbocycles. The van der Waals surface area contributed by atoms with Crippen molar-refractivity contribution in [2.75, 3.05) is 0 Å². The van der Waals surface area contributed by atoms with Gasteiger partial charge in [-0.2, -0.15) is 8.42 Å². The Morgan fingerprint density at radius 3 is 1.86 bits per heavy atom. The van der Waals surface area contributed by atoms with E-state index in [2.05, 4.69) is 0 Å². The molecule has 0 aliphatic rings. The summed E-state index contributed by atoms with van der Waals surface area (Å²) in [5.41, 5.74) is -0.515. The molecule has 0 aliphatic carbocycles. The molecule has 3 rings (SSSR count). The third-order valence-corrected chi connectivity index (χ3v) is 6.86. The Morgan fingerprint density at radius 2 is 1.34 bits per heavy atom. The molecule has 0 saturated carbocycles. The summed E-state index contributed by atoms with van der Waals surface area (Å²) in [6.45, 7) is 0. The van der Waals surface area contributed by atoms with E-state index < -0.39 is 20.6 Å². The molecule has 1 unspecified atom stereocenters. The first-order valence-corrected chi connectivity index (χ1v) is 10.8. The van der Waals surface area contributed by atoms with Crippen LogP contribution in [0.4, 0.5) is 0 Å². The Kier molecular flexibility index (Phi) is 5.98. The van der Waals surface area contributed by atoms with Gasteiger partial charge in [0.25, 0.3) is 10.1 Å². The van der Waals surface area contributed by atoms with E-state index in [1.54, 1.807) is 0 Å². The molecule has 0 radical (unpaired) electrons. The molecule has 10 heteroatoms. The highest BCUT2D eigenvalue weighted by molar-refractivity contribution is 7.87. The second kappa shape index (κ2) is 7.87. The average Bonchev–Trinajstić information content (AvgIpc) is 2.58. The van der Waals surface area contributed by atoms with Crippen molar-refractivity contribution >= 4 is 56.5 Å². The second-order valence-electron chi connectivity index (χ2n) is 6.11. The van der Waals surface area contributed by atoms with Crippen molar-refractivity contribution in [1.82, 2.24) is 0 Å². The maximum atomic E-state index is 13.0. The number of phenols is 2. The summed E-state index contributed by atoms with van der Waals surface area (Å²) in [6, 6.07) is 11.3. The lowest BCUT2D eigenvalue weighted by Crippen LogP contribution is -2.39. The number of halogens is 4. The van der Waals surface area contributed by atoms with Gasteiger partial charge in [0.2, 0.25) is 0 Å². The first-order chi connectivity index (χ1) is 13.5. The molecule has 3 N–H and O–H groups in total. The monoisotopic (exact) mass is 492 g/mol. The van der Waals surface area contributed by atoms with Gasteiger partial charge in [0.1, 0.15) is 11.5 Å². The van der Waals surface area contributed by atoms with Crippen molar-refractivity contribution in [2.45, 2.75) is 4.75 Å². The number of phenolic OH excluding ortho intramolecular Hbond substituents is 2. The lowest BCUT2D eigenvalue weighted by atomic mass is 9.83. The van der Waals surface area contributed by atoms with Crippen LogP contribution in [0.5, 0.6) is 11.5 Å². The van der Waals surface area contributed by atoms with Crippen LogP contribution < -0.4 is 0 Å². The zero-order chi connectivity index (χ0) is 21.6. The summed E-state index contributed by atoms with van der Waals surface area (Å²) in [6.07, 6.45) is 0. The van der Waals surface area contributed by atoms with Gasteiger partial charge in [-0.3, -0.25) is 4.55 Å². The molecule has 1 atom stereocenters. The molecule has 0 saturated heterocycles. The zero-order valence-electron chi connectivity index (χ0n) is 14.3. The van der Waals surface area contributed by atoms with E-state index in [1.165, 1.54) is 48.5 Å². The van der Waals surface area contributed by atoms with Crippen molar-refractivity contribution in [3.05, 3.63) is 91.4 Å². The van der Waals surface area contributed by atoms with E-state index in [0.717, 1.165) is 6.07 Å². The predicted molar refractivity (Wildman–Crippen MR) is 114 cm³/mol. The lowest BCUT2D eigenvalue weighted by molar-refractivity contribution is 0.440. The summed E-state index contributed by atoms with van der Waals surface area (Å²) < 4.78 is 34.0. The first-order valence-electron chi connectivity index (χ1n) is 7.89. The quantitative estimate of drug-likeness (QED) is 0.311. The number of hydrogen-bond donors (Lipinski definition) is 3. The Bertz CT molecular complexity index is 1170. The topological polar surface area (TPSA) is 94.8 Å². The minimum atomic E-state index is -5.09. The maximum absolute atomic E-state index is 13.0. The molecule has 0 aliphatic heterocycles. The molecule has 0 spiro atoms. The minimum Gasteiger partial charge on any atom is -0.508 e. The molecule has 29 heavy (non-hydrogen) atoms. The summed E-state index contributed by atoms with van der Waals surface area (Å²) >= 11 is 24.5. The van der Waals surface area contributed by atoms with Crippen molar-refractivity contribution < 1.29 is 23.2 Å². The normalized spacial score (nSPS) is 13.8. The van der Waals surface area contributed by atoms with E-state index in [-0.39, 0.29) is 42.5 Å². The van der Waals surface area contributed by atoms with Gasteiger partial charge >= 0.3 is 0 Å². The summed E-state index contributed by atoms with van der Waals surface area (Å²) in [5.74, 6) is -0.731. The summed E-state index contributed by atoms with van der Waals surface area (Å²) in [4.78, 5) is 0. The standard InChI is InChI=1S/C19H12Cl4O5S/c20-11-3-6-14(15(22)7-11)19(29(26,27)28,10-1-4-13(24)5-2-10)18-16(23)8-12(21)9-17(18)25/h1-9,24-25H,(H,26,27,28). The highest BCUT2D eigenvalue weighted by atomic mass is 35.5. The van der Waals surface area contributed by atoms with Gasteiger partial charge in [-0.15, -0.1) is 0 Å². The van der Waals surface area contributed by atoms with E-state index >= 15 is 0 Å². The van der Waals surface area contributed by atoms with Crippen molar-refractivity contribution in [1.29, 1.82) is 0 Å². The summed E-state index contributed by atoms with van der Waals surface area (Å²) in [7, 11) is -5.09. The Labute approximate surface area is 186 Å². The highest BCUT2D eigenvalue weighted by Crippen LogP contribution is 2.52. The van der Waals surface area contributed by atoms with Crippen molar-refractivity contribution in [2.24, 2.45) is 0 Å². The molecule has 3 aromatic rings. The third-order valence-electron chi connectivity index (χ3n) is 4.36. The molecular weight excluding hydrogens is 482 g/mol. The smallest absolute Gasteiger partial charge is 0.283 e. The fraction of sp³-hybridized carbons (Fsp3) is 0.0526. The third kappa shape index (κ3) is 3.77. The number of rotatable bonds is 4. The molecule has 152 valence electrons. The fourth-order valence-electron chi connectivity index (χ4n) is 3.23. The molecule has 0 fully saturated rings. The van der Waals surface area contributed by atoms with Gasteiger partial charge < -0.3 is 10.2 Å². The number of benzene rings is 3. The van der Waals surface area contributed by atoms with E-state index in [1.807, 2.05) is 0 Å². The van der Waals surface area contributed by atoms with E-state index in [9.17, 15) is 23.2 Å². The Balaban J connectivity index is 2.61. The van der Waals surface area contributed by atoms with Crippen LogP contribution >= 0.6 is 46.4 Å². The summed E-state index contributed by atoms with van der Waals surface area (Å²) in [5, 5.41) is 20.2. The maximum Gasteiger partial charge on any atom is 0.283 e. The first kappa shape index (κ1) is 22.0. The van der Waals surface area contributed by atoms with Crippen LogP contribution in [0.1, 0.15) is 16.7 Å². The molecule has 0 amide bonds. The lowest BCUT2D eigenvalue weighted by Gasteiger charge is -2.34. The average molecular weight is 494 g/mol. The number of aromatic hydroxyl groups is 2. The van der Waals surface area contributed by atoms with Gasteiger partial charge in [0.05, 0.1) is 5.02 Å². The van der Waals surface area contributed by atoms with E-state index in [4.69, 9.17) is 46.4 Å². The Morgan fingerprint density at radius 1 is 0.759 bits per heavy atom. The van der Waals surface area contributed by atoms with Crippen LogP contribution in [0.2, 0.25) is 20.1 Å². The Hall–Kier alpha value is -1.67. The van der Waals surface area contributed by atoms with Crippen LogP contribution in [0, 0.1) is 0 Å². The molecule has 0 bridgehead atoms. The van der Waals surface area contributed by atoms with Crippen LogP contribution in [0.3, 0.4) is 0 Å². The van der Waals surface area contributed by atoms with Gasteiger partial charge in [0, 0.05) is 26.2 Å². The molecular formula is C19H12Cl4O5S. The van der Waals surface area contributed by atoms with Crippen LogP contribution in [-0.2, 0) is 14.9 Å². The van der Waals surface area contributed by atoms with Crippen molar-refractivity contribution in [3.63, 3.8) is 0 Å². The fourth-order valence-corrected chi connectivity index (χ4v) is 5.88. The molecule has 0 heterocycles. The minimum absolute atomic E-state index is 0.0402. The highest BCUT2D eigenvalue weighted by Gasteiger charge is 2.52. The van der Waals surface area contributed by atoms with Gasteiger partial charge in [-0.05, 0) is 42.0 Å². The second-order valence-corrected chi connectivity index (χ2v) is 9.36. The largest absolute Gasteiger partial charge is 0.508 e. The molecule has 5 nitrogen and oxygen atoms in total. The van der Waals surface area contributed by atoms with E-state index in [0.29, 0.717) is 0 Å². The zero-order valence-corrected chi connectivity index (χ0v) is 18.1.